The lowest BCUT2D eigenvalue weighted by Gasteiger charge is -2.30. The molecule has 2 aromatic rings. The molecule has 0 spiro atoms. The number of fused-ring (bicyclic) bond motifs is 1. The van der Waals surface area contributed by atoms with Crippen molar-refractivity contribution in [1.82, 2.24) is 19.8 Å². The third-order valence-corrected chi connectivity index (χ3v) is 5.97. The Kier molecular flexibility index (Phi) is 4.96. The molecule has 2 unspecified atom stereocenters. The minimum atomic E-state index is -0.124. The molecule has 0 radical (unpaired) electrons. The topological polar surface area (TPSA) is 49.3 Å². The van der Waals surface area contributed by atoms with E-state index in [1.54, 1.807) is 0 Å². The molecule has 2 atom stereocenters. The minimum Gasteiger partial charge on any atom is -0.337 e. The van der Waals surface area contributed by atoms with Gasteiger partial charge in [-0.15, -0.1) is 0 Å². The second-order valence-electron chi connectivity index (χ2n) is 8.09. The monoisotopic (exact) mass is 364 g/mol. The Balaban J connectivity index is 1.46. The van der Waals surface area contributed by atoms with Gasteiger partial charge in [-0.3, -0.25) is 4.79 Å². The number of carbonyl (C=O) groups excluding carboxylic acids is 1. The van der Waals surface area contributed by atoms with Crippen molar-refractivity contribution in [1.29, 1.82) is 0 Å². The van der Waals surface area contributed by atoms with Gasteiger partial charge in [-0.05, 0) is 39.4 Å². The molecule has 2 aliphatic heterocycles. The SMILES string of the molecule is Cc1ccc(C(C)C(=O)N2CCc3nc(C4CCN(C)C4)ncc3C2)cc1. The van der Waals surface area contributed by atoms with Crippen molar-refractivity contribution >= 4 is 5.91 Å². The number of carbonyl (C=O) groups is 1. The fraction of sp³-hybridized carbons (Fsp3) is 0.500. The molecule has 5 nitrogen and oxygen atoms in total. The number of rotatable bonds is 3. The molecule has 1 saturated heterocycles. The van der Waals surface area contributed by atoms with Gasteiger partial charge in [0.05, 0.1) is 11.6 Å². The third kappa shape index (κ3) is 3.74. The van der Waals surface area contributed by atoms with Crippen molar-refractivity contribution in [3.63, 3.8) is 0 Å². The van der Waals surface area contributed by atoms with Crippen molar-refractivity contribution < 1.29 is 4.79 Å². The highest BCUT2D eigenvalue weighted by Gasteiger charge is 2.28. The predicted octanol–water partition coefficient (Wildman–Crippen LogP) is 2.89. The molecule has 5 heteroatoms. The number of hydrogen-bond donors (Lipinski definition) is 0. The number of amides is 1. The maximum absolute atomic E-state index is 13.0. The molecular weight excluding hydrogens is 336 g/mol. The molecule has 1 aromatic carbocycles. The maximum atomic E-state index is 13.0. The van der Waals surface area contributed by atoms with E-state index in [2.05, 4.69) is 48.1 Å². The minimum absolute atomic E-state index is 0.124. The summed E-state index contributed by atoms with van der Waals surface area (Å²) in [6, 6.07) is 8.26. The number of benzene rings is 1. The van der Waals surface area contributed by atoms with Crippen molar-refractivity contribution in [3.8, 4) is 0 Å². The van der Waals surface area contributed by atoms with Crippen LogP contribution in [0.4, 0.5) is 0 Å². The molecule has 142 valence electrons. The fourth-order valence-electron chi connectivity index (χ4n) is 4.13. The molecule has 0 aliphatic carbocycles. The van der Waals surface area contributed by atoms with E-state index in [9.17, 15) is 4.79 Å². The first-order valence-corrected chi connectivity index (χ1v) is 9.90. The normalized spacial score (nSPS) is 21.1. The molecule has 1 aromatic heterocycles. The first-order chi connectivity index (χ1) is 13.0. The summed E-state index contributed by atoms with van der Waals surface area (Å²) in [6.07, 6.45) is 3.90. The van der Waals surface area contributed by atoms with Crippen LogP contribution >= 0.6 is 0 Å². The molecular formula is C22H28N4O. The fourth-order valence-corrected chi connectivity index (χ4v) is 4.13. The first-order valence-electron chi connectivity index (χ1n) is 9.90. The Hall–Kier alpha value is -2.27. The van der Waals surface area contributed by atoms with Crippen LogP contribution in [0.2, 0.25) is 0 Å². The number of likely N-dealkylation sites (tertiary alicyclic amines) is 1. The third-order valence-electron chi connectivity index (χ3n) is 5.97. The summed E-state index contributed by atoms with van der Waals surface area (Å²) < 4.78 is 0. The zero-order chi connectivity index (χ0) is 19.0. The zero-order valence-electron chi connectivity index (χ0n) is 16.5. The van der Waals surface area contributed by atoms with Crippen LogP contribution in [0, 0.1) is 6.92 Å². The van der Waals surface area contributed by atoms with E-state index in [0.29, 0.717) is 12.5 Å². The Bertz CT molecular complexity index is 833. The summed E-state index contributed by atoms with van der Waals surface area (Å²) >= 11 is 0. The molecule has 27 heavy (non-hydrogen) atoms. The van der Waals surface area contributed by atoms with Gasteiger partial charge in [0.1, 0.15) is 5.82 Å². The van der Waals surface area contributed by atoms with Gasteiger partial charge in [0, 0.05) is 43.7 Å². The van der Waals surface area contributed by atoms with E-state index in [1.807, 2.05) is 18.0 Å². The van der Waals surface area contributed by atoms with Crippen molar-refractivity contribution in [2.24, 2.45) is 0 Å². The second-order valence-corrected chi connectivity index (χ2v) is 8.09. The Labute approximate surface area is 161 Å². The van der Waals surface area contributed by atoms with Crippen molar-refractivity contribution in [2.75, 3.05) is 26.7 Å². The summed E-state index contributed by atoms with van der Waals surface area (Å²) in [5.74, 6) is 1.49. The van der Waals surface area contributed by atoms with Gasteiger partial charge in [0.15, 0.2) is 0 Å². The molecule has 1 fully saturated rings. The highest BCUT2D eigenvalue weighted by atomic mass is 16.2. The van der Waals surface area contributed by atoms with Crippen molar-refractivity contribution in [2.45, 2.75) is 45.1 Å². The van der Waals surface area contributed by atoms with E-state index in [4.69, 9.17) is 4.98 Å². The van der Waals surface area contributed by atoms with Gasteiger partial charge in [-0.25, -0.2) is 9.97 Å². The molecule has 0 saturated carbocycles. The highest BCUT2D eigenvalue weighted by molar-refractivity contribution is 5.83. The van der Waals surface area contributed by atoms with Crippen LogP contribution in [0.1, 0.15) is 53.4 Å². The second kappa shape index (κ2) is 7.39. The van der Waals surface area contributed by atoms with Crippen molar-refractivity contribution in [3.05, 3.63) is 58.7 Å². The quantitative estimate of drug-likeness (QED) is 0.840. The van der Waals surface area contributed by atoms with Crippen LogP contribution in [0.15, 0.2) is 30.5 Å². The van der Waals surface area contributed by atoms with Crippen LogP contribution in [-0.4, -0.2) is 52.4 Å². The van der Waals surface area contributed by atoms with Gasteiger partial charge in [0.25, 0.3) is 0 Å². The van der Waals surface area contributed by atoms with Gasteiger partial charge >= 0.3 is 0 Å². The van der Waals surface area contributed by atoms with E-state index >= 15 is 0 Å². The average molecular weight is 364 g/mol. The lowest BCUT2D eigenvalue weighted by atomic mass is 9.97. The summed E-state index contributed by atoms with van der Waals surface area (Å²) in [5.41, 5.74) is 4.52. The van der Waals surface area contributed by atoms with Crippen LogP contribution in [0.5, 0.6) is 0 Å². The van der Waals surface area contributed by atoms with Gasteiger partial charge in [-0.1, -0.05) is 29.8 Å². The lowest BCUT2D eigenvalue weighted by molar-refractivity contribution is -0.133. The molecule has 4 rings (SSSR count). The number of hydrogen-bond acceptors (Lipinski definition) is 4. The summed E-state index contributed by atoms with van der Waals surface area (Å²) in [5, 5.41) is 0. The smallest absolute Gasteiger partial charge is 0.230 e. The van der Waals surface area contributed by atoms with Gasteiger partial charge < -0.3 is 9.80 Å². The van der Waals surface area contributed by atoms with Gasteiger partial charge in [-0.2, -0.15) is 0 Å². The summed E-state index contributed by atoms with van der Waals surface area (Å²) in [7, 11) is 2.15. The molecule has 0 bridgehead atoms. The highest BCUT2D eigenvalue weighted by Crippen LogP contribution is 2.27. The summed E-state index contributed by atoms with van der Waals surface area (Å²) in [6.45, 7) is 7.58. The van der Waals surface area contributed by atoms with E-state index in [-0.39, 0.29) is 11.8 Å². The van der Waals surface area contributed by atoms with Crippen LogP contribution < -0.4 is 0 Å². The standard InChI is InChI=1S/C22H28N4O/c1-15-4-6-17(7-5-15)16(2)22(27)26-11-9-20-19(14-26)12-23-21(24-20)18-8-10-25(3)13-18/h4-7,12,16,18H,8-11,13-14H2,1-3H3. The summed E-state index contributed by atoms with van der Waals surface area (Å²) in [4.78, 5) is 26.8. The molecule has 0 N–H and O–H groups in total. The molecule has 1 amide bonds. The Morgan fingerprint density at radius 1 is 1.22 bits per heavy atom. The molecule has 3 heterocycles. The van der Waals surface area contributed by atoms with Crippen LogP contribution in [-0.2, 0) is 17.8 Å². The molecule has 2 aliphatic rings. The number of likely N-dealkylation sites (N-methyl/N-ethyl adjacent to an activating group) is 1. The van der Waals surface area contributed by atoms with Gasteiger partial charge in [0.2, 0.25) is 5.91 Å². The Morgan fingerprint density at radius 2 is 2.00 bits per heavy atom. The predicted molar refractivity (Wildman–Crippen MR) is 106 cm³/mol. The first kappa shape index (κ1) is 18.1. The van der Waals surface area contributed by atoms with E-state index in [1.165, 1.54) is 5.56 Å². The number of nitrogens with zero attached hydrogens (tertiary/aromatic N) is 4. The maximum Gasteiger partial charge on any atom is 0.230 e. The van der Waals surface area contributed by atoms with E-state index < -0.39 is 0 Å². The van der Waals surface area contributed by atoms with Crippen LogP contribution in [0.3, 0.4) is 0 Å². The largest absolute Gasteiger partial charge is 0.337 e. The average Bonchev–Trinajstić information content (AvgIpc) is 3.13. The lowest BCUT2D eigenvalue weighted by Crippen LogP contribution is -2.39. The number of aromatic nitrogens is 2. The zero-order valence-corrected chi connectivity index (χ0v) is 16.5. The van der Waals surface area contributed by atoms with E-state index in [0.717, 1.165) is 55.1 Å². The Morgan fingerprint density at radius 3 is 2.70 bits per heavy atom. The van der Waals surface area contributed by atoms with Crippen LogP contribution in [0.25, 0.3) is 0 Å². The number of aryl methyl sites for hydroxylation is 1.